The third-order valence-electron chi connectivity index (χ3n) is 2.98. The molecule has 0 unspecified atom stereocenters. The molecule has 0 spiro atoms. The molecule has 0 radical (unpaired) electrons. The fourth-order valence-electron chi connectivity index (χ4n) is 1.98. The van der Waals surface area contributed by atoms with Crippen LogP contribution in [0.25, 0.3) is 0 Å². The Morgan fingerprint density at radius 2 is 1.93 bits per heavy atom. The average Bonchev–Trinajstić information content (AvgIpc) is 2.25. The Hall–Kier alpha value is -0.130. The molecular formula is C12H17IN2. The molecule has 0 amide bonds. The number of hydrogen-bond donors (Lipinski definition) is 1. The maximum atomic E-state index is 5.89. The van der Waals surface area contributed by atoms with E-state index in [-0.39, 0.29) is 0 Å². The van der Waals surface area contributed by atoms with Crippen molar-refractivity contribution < 1.29 is 0 Å². The molecule has 1 heterocycles. The van der Waals surface area contributed by atoms with E-state index in [1.165, 1.54) is 9.13 Å². The van der Waals surface area contributed by atoms with Gasteiger partial charge in [-0.1, -0.05) is 18.2 Å². The summed E-state index contributed by atoms with van der Waals surface area (Å²) in [4.78, 5) is 2.50. The van der Waals surface area contributed by atoms with Crippen LogP contribution in [0.2, 0.25) is 0 Å². The summed E-state index contributed by atoms with van der Waals surface area (Å²) in [6.07, 6.45) is 2.28. The summed E-state index contributed by atoms with van der Waals surface area (Å²) in [6, 6.07) is 9.03. The van der Waals surface area contributed by atoms with Gasteiger partial charge in [-0.3, -0.25) is 4.90 Å². The predicted octanol–water partition coefficient (Wildman–Crippen LogP) is 2.21. The molecule has 2 N–H and O–H groups in total. The number of nitrogens with two attached hydrogens (primary N) is 1. The highest BCUT2D eigenvalue weighted by Crippen LogP contribution is 2.16. The van der Waals surface area contributed by atoms with Gasteiger partial charge in [0, 0.05) is 16.2 Å². The van der Waals surface area contributed by atoms with Crippen LogP contribution in [0.5, 0.6) is 0 Å². The van der Waals surface area contributed by atoms with Gasteiger partial charge in [-0.05, 0) is 60.2 Å². The van der Waals surface area contributed by atoms with E-state index in [1.54, 1.807) is 0 Å². The van der Waals surface area contributed by atoms with Gasteiger partial charge in [-0.15, -0.1) is 0 Å². The van der Waals surface area contributed by atoms with E-state index >= 15 is 0 Å². The first-order chi connectivity index (χ1) is 7.25. The lowest BCUT2D eigenvalue weighted by molar-refractivity contribution is 0.205. The third-order valence-corrected chi connectivity index (χ3v) is 4.04. The van der Waals surface area contributed by atoms with Crippen LogP contribution in [0.15, 0.2) is 24.3 Å². The summed E-state index contributed by atoms with van der Waals surface area (Å²) in [5, 5.41) is 0. The zero-order valence-electron chi connectivity index (χ0n) is 8.82. The number of hydrogen-bond acceptors (Lipinski definition) is 2. The van der Waals surface area contributed by atoms with Crippen molar-refractivity contribution in [1.82, 2.24) is 4.90 Å². The van der Waals surface area contributed by atoms with Crippen molar-refractivity contribution in [3.8, 4) is 0 Å². The molecule has 15 heavy (non-hydrogen) atoms. The third kappa shape index (κ3) is 3.16. The number of rotatable bonds is 2. The standard InChI is InChI=1S/C12H17IN2/c13-12-4-2-1-3-10(12)9-15-7-5-11(14)6-8-15/h1-4,11H,5-9,14H2. The van der Waals surface area contributed by atoms with Crippen LogP contribution in [0.3, 0.4) is 0 Å². The van der Waals surface area contributed by atoms with Crippen molar-refractivity contribution in [3.63, 3.8) is 0 Å². The van der Waals surface area contributed by atoms with E-state index in [4.69, 9.17) is 5.73 Å². The van der Waals surface area contributed by atoms with E-state index in [0.717, 1.165) is 32.5 Å². The van der Waals surface area contributed by atoms with E-state index in [9.17, 15) is 0 Å². The Morgan fingerprint density at radius 1 is 1.27 bits per heavy atom. The molecule has 0 aliphatic carbocycles. The molecule has 82 valence electrons. The Balaban J connectivity index is 1.95. The molecular weight excluding hydrogens is 299 g/mol. The summed E-state index contributed by atoms with van der Waals surface area (Å²) in [5.74, 6) is 0. The van der Waals surface area contributed by atoms with Crippen molar-refractivity contribution in [1.29, 1.82) is 0 Å². The van der Waals surface area contributed by atoms with Crippen molar-refractivity contribution in [2.75, 3.05) is 13.1 Å². The molecule has 1 fully saturated rings. The summed E-state index contributed by atoms with van der Waals surface area (Å²) in [5.41, 5.74) is 7.33. The predicted molar refractivity (Wildman–Crippen MR) is 71.6 cm³/mol. The zero-order chi connectivity index (χ0) is 10.7. The van der Waals surface area contributed by atoms with Gasteiger partial charge in [-0.25, -0.2) is 0 Å². The maximum absolute atomic E-state index is 5.89. The second-order valence-corrected chi connectivity index (χ2v) is 5.37. The normalized spacial score (nSPS) is 19.3. The van der Waals surface area contributed by atoms with Crippen LogP contribution in [0.4, 0.5) is 0 Å². The molecule has 2 rings (SSSR count). The largest absolute Gasteiger partial charge is 0.328 e. The molecule has 0 saturated carbocycles. The van der Waals surface area contributed by atoms with Crippen LogP contribution < -0.4 is 5.73 Å². The van der Waals surface area contributed by atoms with E-state index in [1.807, 2.05) is 0 Å². The fraction of sp³-hybridized carbons (Fsp3) is 0.500. The molecule has 1 saturated heterocycles. The highest BCUT2D eigenvalue weighted by atomic mass is 127. The monoisotopic (exact) mass is 316 g/mol. The van der Waals surface area contributed by atoms with Gasteiger partial charge < -0.3 is 5.73 Å². The Bertz CT molecular complexity index is 319. The van der Waals surface area contributed by atoms with Gasteiger partial charge in [0.25, 0.3) is 0 Å². The van der Waals surface area contributed by atoms with Crippen LogP contribution in [-0.4, -0.2) is 24.0 Å². The van der Waals surface area contributed by atoms with Crippen molar-refractivity contribution in [3.05, 3.63) is 33.4 Å². The van der Waals surface area contributed by atoms with Gasteiger partial charge in [0.05, 0.1) is 0 Å². The Labute approximate surface area is 105 Å². The first-order valence-corrected chi connectivity index (χ1v) is 6.55. The van der Waals surface area contributed by atoms with Crippen molar-refractivity contribution in [2.45, 2.75) is 25.4 Å². The lowest BCUT2D eigenvalue weighted by Crippen LogP contribution is -2.39. The lowest BCUT2D eigenvalue weighted by Gasteiger charge is -2.30. The molecule has 1 aliphatic heterocycles. The minimum atomic E-state index is 0.427. The summed E-state index contributed by atoms with van der Waals surface area (Å²) in [7, 11) is 0. The number of benzene rings is 1. The molecule has 1 aromatic carbocycles. The highest BCUT2D eigenvalue weighted by Gasteiger charge is 2.16. The molecule has 0 aromatic heterocycles. The Kier molecular flexibility index (Phi) is 3.99. The topological polar surface area (TPSA) is 29.3 Å². The molecule has 1 aliphatic rings. The van der Waals surface area contributed by atoms with Crippen molar-refractivity contribution in [2.24, 2.45) is 5.73 Å². The summed E-state index contributed by atoms with van der Waals surface area (Å²) >= 11 is 2.41. The second-order valence-electron chi connectivity index (χ2n) is 4.20. The molecule has 0 atom stereocenters. The number of piperidine rings is 1. The highest BCUT2D eigenvalue weighted by molar-refractivity contribution is 14.1. The fourth-order valence-corrected chi connectivity index (χ4v) is 2.54. The Morgan fingerprint density at radius 3 is 2.60 bits per heavy atom. The molecule has 2 nitrogen and oxygen atoms in total. The smallest absolute Gasteiger partial charge is 0.0244 e. The summed E-state index contributed by atoms with van der Waals surface area (Å²) in [6.45, 7) is 3.37. The van der Waals surface area contributed by atoms with E-state index in [0.29, 0.717) is 6.04 Å². The minimum Gasteiger partial charge on any atom is -0.328 e. The number of nitrogens with zero attached hydrogens (tertiary/aromatic N) is 1. The van der Waals surface area contributed by atoms with E-state index in [2.05, 4.69) is 51.8 Å². The van der Waals surface area contributed by atoms with Crippen LogP contribution >= 0.6 is 22.6 Å². The molecule has 0 bridgehead atoms. The van der Waals surface area contributed by atoms with Crippen LogP contribution in [0.1, 0.15) is 18.4 Å². The van der Waals surface area contributed by atoms with Gasteiger partial charge in [-0.2, -0.15) is 0 Å². The van der Waals surface area contributed by atoms with Gasteiger partial charge >= 0.3 is 0 Å². The summed E-state index contributed by atoms with van der Waals surface area (Å²) < 4.78 is 1.37. The minimum absolute atomic E-state index is 0.427. The van der Waals surface area contributed by atoms with Crippen LogP contribution in [-0.2, 0) is 6.54 Å². The SMILES string of the molecule is NC1CCN(Cc2ccccc2I)CC1. The lowest BCUT2D eigenvalue weighted by atomic mass is 10.1. The van der Waals surface area contributed by atoms with Gasteiger partial charge in [0.2, 0.25) is 0 Å². The van der Waals surface area contributed by atoms with Gasteiger partial charge in [0.15, 0.2) is 0 Å². The first kappa shape index (κ1) is 11.4. The van der Waals surface area contributed by atoms with Gasteiger partial charge in [0.1, 0.15) is 0 Å². The number of likely N-dealkylation sites (tertiary alicyclic amines) is 1. The van der Waals surface area contributed by atoms with Crippen molar-refractivity contribution >= 4 is 22.6 Å². The quantitative estimate of drug-likeness (QED) is 0.848. The zero-order valence-corrected chi connectivity index (χ0v) is 11.0. The van der Waals surface area contributed by atoms with Crippen LogP contribution in [0, 0.1) is 3.57 Å². The molecule has 1 aromatic rings. The number of halogens is 1. The molecule has 3 heteroatoms. The van der Waals surface area contributed by atoms with E-state index < -0.39 is 0 Å². The average molecular weight is 316 g/mol. The second kappa shape index (κ2) is 5.27. The maximum Gasteiger partial charge on any atom is 0.0244 e. The first-order valence-electron chi connectivity index (χ1n) is 5.47.